The zero-order valence-corrected chi connectivity index (χ0v) is 16.2. The van der Waals surface area contributed by atoms with E-state index in [2.05, 4.69) is 25.7 Å². The SMILES string of the molecule is COc1cccc(C=NNc2nnc(-c3ccccc3)c(-c3ccccc3)n2)c1O. The molecule has 0 fully saturated rings. The summed E-state index contributed by atoms with van der Waals surface area (Å²) in [5.41, 5.74) is 6.50. The molecule has 0 saturated heterocycles. The Kier molecular flexibility index (Phi) is 5.61. The van der Waals surface area contributed by atoms with E-state index in [1.165, 1.54) is 13.3 Å². The van der Waals surface area contributed by atoms with Gasteiger partial charge in [0.05, 0.1) is 13.3 Å². The van der Waals surface area contributed by atoms with Crippen LogP contribution in [0.1, 0.15) is 5.56 Å². The standard InChI is InChI=1S/C23H19N5O2/c1-30-19-14-8-13-18(22(19)29)15-24-27-23-25-20(16-9-4-2-5-10-16)21(26-28-23)17-11-6-3-7-12-17/h2-15,29H,1H3,(H,25,27,28). The number of phenolic OH excluding ortho intramolecular Hbond substituents is 1. The number of hydrogen-bond acceptors (Lipinski definition) is 7. The highest BCUT2D eigenvalue weighted by atomic mass is 16.5. The van der Waals surface area contributed by atoms with Crippen LogP contribution >= 0.6 is 0 Å². The molecule has 0 spiro atoms. The quantitative estimate of drug-likeness (QED) is 0.371. The number of phenols is 1. The summed E-state index contributed by atoms with van der Waals surface area (Å²) < 4.78 is 5.10. The topological polar surface area (TPSA) is 92.5 Å². The van der Waals surface area contributed by atoms with E-state index < -0.39 is 0 Å². The highest BCUT2D eigenvalue weighted by Gasteiger charge is 2.13. The van der Waals surface area contributed by atoms with Gasteiger partial charge in [-0.2, -0.15) is 5.10 Å². The summed E-state index contributed by atoms with van der Waals surface area (Å²) in [5, 5.41) is 22.8. The summed E-state index contributed by atoms with van der Waals surface area (Å²) in [6.45, 7) is 0. The van der Waals surface area contributed by atoms with Gasteiger partial charge in [-0.25, -0.2) is 10.4 Å². The largest absolute Gasteiger partial charge is 0.504 e. The lowest BCUT2D eigenvalue weighted by atomic mass is 10.0. The molecule has 4 aromatic rings. The molecular weight excluding hydrogens is 378 g/mol. The number of methoxy groups -OCH3 is 1. The summed E-state index contributed by atoms with van der Waals surface area (Å²) >= 11 is 0. The van der Waals surface area contributed by atoms with Gasteiger partial charge in [-0.3, -0.25) is 0 Å². The molecule has 0 unspecified atom stereocenters. The zero-order chi connectivity index (χ0) is 20.8. The van der Waals surface area contributed by atoms with Gasteiger partial charge in [-0.1, -0.05) is 66.7 Å². The second-order valence-corrected chi connectivity index (χ2v) is 6.33. The summed E-state index contributed by atoms with van der Waals surface area (Å²) in [5.74, 6) is 0.622. The average molecular weight is 397 g/mol. The van der Waals surface area contributed by atoms with Crippen molar-refractivity contribution in [1.82, 2.24) is 15.2 Å². The minimum atomic E-state index is 0.00833. The molecule has 0 bridgehead atoms. The Morgan fingerprint density at radius 3 is 2.17 bits per heavy atom. The minimum Gasteiger partial charge on any atom is -0.504 e. The van der Waals surface area contributed by atoms with Gasteiger partial charge in [-0.05, 0) is 12.1 Å². The third-order valence-electron chi connectivity index (χ3n) is 4.40. The monoisotopic (exact) mass is 397 g/mol. The highest BCUT2D eigenvalue weighted by molar-refractivity contribution is 5.85. The van der Waals surface area contributed by atoms with Crippen LogP contribution in [0.4, 0.5) is 5.95 Å². The minimum absolute atomic E-state index is 0.00833. The summed E-state index contributed by atoms with van der Waals surface area (Å²) in [4.78, 5) is 4.62. The van der Waals surface area contributed by atoms with Gasteiger partial charge >= 0.3 is 0 Å². The average Bonchev–Trinajstić information content (AvgIpc) is 2.81. The first kappa shape index (κ1) is 19.1. The molecule has 0 saturated carbocycles. The fraction of sp³-hybridized carbons (Fsp3) is 0.0435. The van der Waals surface area contributed by atoms with Crippen molar-refractivity contribution in [2.24, 2.45) is 5.10 Å². The molecule has 0 aliphatic carbocycles. The maximum Gasteiger partial charge on any atom is 0.263 e. The van der Waals surface area contributed by atoms with Gasteiger partial charge in [-0.15, -0.1) is 10.2 Å². The molecule has 2 N–H and O–H groups in total. The number of benzene rings is 3. The summed E-state index contributed by atoms with van der Waals surface area (Å²) in [6.07, 6.45) is 1.47. The second-order valence-electron chi connectivity index (χ2n) is 6.33. The van der Waals surface area contributed by atoms with Crippen molar-refractivity contribution in [3.05, 3.63) is 84.4 Å². The van der Waals surface area contributed by atoms with Gasteiger partial charge in [0.25, 0.3) is 5.95 Å². The van der Waals surface area contributed by atoms with Gasteiger partial charge in [0.1, 0.15) is 11.4 Å². The molecule has 1 aromatic heterocycles. The van der Waals surface area contributed by atoms with E-state index in [4.69, 9.17) is 4.74 Å². The molecule has 4 rings (SSSR count). The van der Waals surface area contributed by atoms with Crippen LogP contribution in [0.15, 0.2) is 84.0 Å². The highest BCUT2D eigenvalue weighted by Crippen LogP contribution is 2.29. The Morgan fingerprint density at radius 1 is 0.833 bits per heavy atom. The molecule has 1 heterocycles. The van der Waals surface area contributed by atoms with E-state index in [0.29, 0.717) is 22.7 Å². The van der Waals surface area contributed by atoms with Crippen LogP contribution in [-0.4, -0.2) is 33.6 Å². The van der Waals surface area contributed by atoms with Crippen molar-refractivity contribution in [3.8, 4) is 34.0 Å². The molecule has 0 aliphatic rings. The van der Waals surface area contributed by atoms with Crippen LogP contribution in [0.25, 0.3) is 22.5 Å². The maximum absolute atomic E-state index is 10.2. The number of nitrogens with zero attached hydrogens (tertiary/aromatic N) is 4. The van der Waals surface area contributed by atoms with Gasteiger partial charge in [0.2, 0.25) is 0 Å². The first-order valence-electron chi connectivity index (χ1n) is 9.27. The smallest absolute Gasteiger partial charge is 0.263 e. The van der Waals surface area contributed by atoms with Crippen molar-refractivity contribution in [3.63, 3.8) is 0 Å². The number of para-hydroxylation sites is 1. The number of aromatic nitrogens is 3. The van der Waals surface area contributed by atoms with Crippen molar-refractivity contribution >= 4 is 12.2 Å². The predicted octanol–water partition coefficient (Wildman–Crippen LogP) is 4.37. The zero-order valence-electron chi connectivity index (χ0n) is 16.2. The number of nitrogens with one attached hydrogen (secondary N) is 1. The first-order valence-corrected chi connectivity index (χ1v) is 9.27. The lowest BCUT2D eigenvalue weighted by Crippen LogP contribution is -2.03. The Balaban J connectivity index is 1.65. The summed E-state index contributed by atoms with van der Waals surface area (Å²) in [7, 11) is 1.49. The molecular formula is C23H19N5O2. The third-order valence-corrected chi connectivity index (χ3v) is 4.40. The molecule has 0 amide bonds. The van der Waals surface area contributed by atoms with Crippen molar-refractivity contribution in [2.75, 3.05) is 12.5 Å². The number of hydrogen-bond donors (Lipinski definition) is 2. The normalized spacial score (nSPS) is 10.8. The van der Waals surface area contributed by atoms with Gasteiger partial charge < -0.3 is 9.84 Å². The van der Waals surface area contributed by atoms with Crippen LogP contribution in [-0.2, 0) is 0 Å². The van der Waals surface area contributed by atoms with Crippen molar-refractivity contribution in [2.45, 2.75) is 0 Å². The van der Waals surface area contributed by atoms with Crippen LogP contribution in [0, 0.1) is 0 Å². The fourth-order valence-electron chi connectivity index (χ4n) is 2.93. The Morgan fingerprint density at radius 2 is 1.50 bits per heavy atom. The van der Waals surface area contributed by atoms with E-state index in [-0.39, 0.29) is 11.7 Å². The molecule has 7 heteroatoms. The number of ether oxygens (including phenoxy) is 1. The van der Waals surface area contributed by atoms with Crippen LogP contribution < -0.4 is 10.2 Å². The number of aromatic hydroxyl groups is 1. The van der Waals surface area contributed by atoms with E-state index >= 15 is 0 Å². The molecule has 0 aliphatic heterocycles. The van der Waals surface area contributed by atoms with Crippen molar-refractivity contribution in [1.29, 1.82) is 0 Å². The molecule has 3 aromatic carbocycles. The molecule has 0 atom stereocenters. The van der Waals surface area contributed by atoms with Crippen LogP contribution in [0.5, 0.6) is 11.5 Å². The van der Waals surface area contributed by atoms with E-state index in [9.17, 15) is 5.11 Å². The fourth-order valence-corrected chi connectivity index (χ4v) is 2.93. The van der Waals surface area contributed by atoms with Crippen LogP contribution in [0.2, 0.25) is 0 Å². The lowest BCUT2D eigenvalue weighted by Gasteiger charge is -2.09. The Hall–Kier alpha value is -4.26. The molecule has 0 radical (unpaired) electrons. The van der Waals surface area contributed by atoms with Gasteiger partial charge in [0, 0.05) is 16.7 Å². The number of rotatable bonds is 6. The number of anilines is 1. The lowest BCUT2D eigenvalue weighted by molar-refractivity contribution is 0.373. The summed E-state index contributed by atoms with van der Waals surface area (Å²) in [6, 6.07) is 24.7. The van der Waals surface area contributed by atoms with Gasteiger partial charge in [0.15, 0.2) is 11.5 Å². The molecule has 148 valence electrons. The van der Waals surface area contributed by atoms with E-state index in [1.807, 2.05) is 60.7 Å². The van der Waals surface area contributed by atoms with E-state index in [0.717, 1.165) is 11.1 Å². The Labute approximate surface area is 173 Å². The third kappa shape index (κ3) is 4.10. The van der Waals surface area contributed by atoms with E-state index in [1.54, 1.807) is 18.2 Å². The van der Waals surface area contributed by atoms with Crippen molar-refractivity contribution < 1.29 is 9.84 Å². The predicted molar refractivity (Wildman–Crippen MR) is 117 cm³/mol. The maximum atomic E-state index is 10.2. The Bertz CT molecular complexity index is 1160. The number of hydrazone groups is 1. The molecule has 7 nitrogen and oxygen atoms in total. The second kappa shape index (κ2) is 8.83. The molecule has 30 heavy (non-hydrogen) atoms. The van der Waals surface area contributed by atoms with Crippen LogP contribution in [0.3, 0.4) is 0 Å². The first-order chi connectivity index (χ1) is 14.8.